The molecule has 1 saturated heterocycles. The molecule has 0 saturated carbocycles. The van der Waals surface area contributed by atoms with Gasteiger partial charge in [0.1, 0.15) is 5.75 Å². The molecule has 112 valence electrons. The lowest BCUT2D eigenvalue weighted by Gasteiger charge is -2.37. The van der Waals surface area contributed by atoms with Gasteiger partial charge in [0.05, 0.1) is 7.11 Å². The van der Waals surface area contributed by atoms with Crippen LogP contribution in [0.5, 0.6) is 5.75 Å². The molecule has 2 N–H and O–H groups in total. The highest BCUT2D eigenvalue weighted by Crippen LogP contribution is 2.20. The zero-order valence-electron chi connectivity index (χ0n) is 12.9. The third-order valence-electron chi connectivity index (χ3n) is 3.88. The first-order valence-electron chi connectivity index (χ1n) is 7.38. The maximum absolute atomic E-state index is 6.05. The molecule has 20 heavy (non-hydrogen) atoms. The number of nitrogens with two attached hydrogens (primary N) is 1. The Kier molecular flexibility index (Phi) is 4.89. The molecular formula is C16H27N3O. The van der Waals surface area contributed by atoms with Crippen LogP contribution < -0.4 is 15.4 Å². The second kappa shape index (κ2) is 6.46. The van der Waals surface area contributed by atoms with Crippen molar-refractivity contribution in [3.63, 3.8) is 0 Å². The molecule has 1 aromatic carbocycles. The monoisotopic (exact) mass is 277 g/mol. The lowest BCUT2D eigenvalue weighted by molar-refractivity contribution is 0.236. The average Bonchev–Trinajstić information content (AvgIpc) is 2.45. The van der Waals surface area contributed by atoms with Crippen LogP contribution in [0.2, 0.25) is 0 Å². The fraction of sp³-hybridized carbons (Fsp3) is 0.625. The fourth-order valence-corrected chi connectivity index (χ4v) is 2.47. The molecule has 2 rings (SSSR count). The number of rotatable bonds is 5. The highest BCUT2D eigenvalue weighted by Gasteiger charge is 2.19. The summed E-state index contributed by atoms with van der Waals surface area (Å²) in [6.07, 6.45) is 1.05. The van der Waals surface area contributed by atoms with E-state index in [0.717, 1.165) is 44.9 Å². The number of anilines is 1. The number of nitrogens with zero attached hydrogens (tertiary/aromatic N) is 2. The van der Waals surface area contributed by atoms with E-state index in [9.17, 15) is 0 Å². The molecule has 1 aliphatic rings. The van der Waals surface area contributed by atoms with Crippen LogP contribution in [0.4, 0.5) is 5.69 Å². The predicted molar refractivity (Wildman–Crippen MR) is 84.5 cm³/mol. The number of hydrogen-bond acceptors (Lipinski definition) is 4. The Labute approximate surface area is 122 Å². The van der Waals surface area contributed by atoms with Gasteiger partial charge in [0.25, 0.3) is 0 Å². The predicted octanol–water partition coefficient (Wildman–Crippen LogP) is 1.94. The molecule has 0 unspecified atom stereocenters. The minimum atomic E-state index is -0.0624. The van der Waals surface area contributed by atoms with Gasteiger partial charge < -0.3 is 15.4 Å². The van der Waals surface area contributed by atoms with Gasteiger partial charge in [-0.2, -0.15) is 0 Å². The summed E-state index contributed by atoms with van der Waals surface area (Å²) in [6.45, 7) is 9.68. The summed E-state index contributed by atoms with van der Waals surface area (Å²) >= 11 is 0. The highest BCUT2D eigenvalue weighted by molar-refractivity contribution is 5.49. The zero-order valence-corrected chi connectivity index (χ0v) is 12.9. The highest BCUT2D eigenvalue weighted by atomic mass is 16.5. The Balaban J connectivity index is 1.81. The molecule has 0 aliphatic carbocycles. The van der Waals surface area contributed by atoms with Crippen molar-refractivity contribution in [2.45, 2.75) is 25.8 Å². The number of ether oxygens (including phenoxy) is 1. The quantitative estimate of drug-likeness (QED) is 0.893. The van der Waals surface area contributed by atoms with E-state index in [1.165, 1.54) is 5.69 Å². The molecule has 0 radical (unpaired) electrons. The summed E-state index contributed by atoms with van der Waals surface area (Å²) in [6, 6.07) is 8.33. The Morgan fingerprint density at radius 3 is 2.20 bits per heavy atom. The Morgan fingerprint density at radius 1 is 1.10 bits per heavy atom. The second-order valence-corrected chi connectivity index (χ2v) is 6.27. The van der Waals surface area contributed by atoms with Crippen molar-refractivity contribution >= 4 is 5.69 Å². The van der Waals surface area contributed by atoms with Crippen LogP contribution in [0.15, 0.2) is 24.3 Å². The first-order chi connectivity index (χ1) is 9.48. The molecule has 0 amide bonds. The minimum Gasteiger partial charge on any atom is -0.497 e. The van der Waals surface area contributed by atoms with Crippen LogP contribution in [-0.2, 0) is 0 Å². The smallest absolute Gasteiger partial charge is 0.119 e. The van der Waals surface area contributed by atoms with Gasteiger partial charge in [0.15, 0.2) is 0 Å². The molecule has 0 atom stereocenters. The number of benzene rings is 1. The molecule has 1 aromatic rings. The molecule has 1 aliphatic heterocycles. The van der Waals surface area contributed by atoms with Crippen molar-refractivity contribution in [2.24, 2.45) is 5.73 Å². The summed E-state index contributed by atoms with van der Waals surface area (Å²) in [5.41, 5.74) is 7.27. The summed E-state index contributed by atoms with van der Waals surface area (Å²) in [5, 5.41) is 0. The van der Waals surface area contributed by atoms with E-state index < -0.39 is 0 Å². The SMILES string of the molecule is COc1ccc(N2CCN(CCC(C)(C)N)CC2)cc1. The molecule has 4 heteroatoms. The maximum Gasteiger partial charge on any atom is 0.119 e. The van der Waals surface area contributed by atoms with E-state index >= 15 is 0 Å². The van der Waals surface area contributed by atoms with Crippen molar-refractivity contribution in [2.75, 3.05) is 44.7 Å². The van der Waals surface area contributed by atoms with Gasteiger partial charge >= 0.3 is 0 Å². The van der Waals surface area contributed by atoms with E-state index in [2.05, 4.69) is 35.8 Å². The molecule has 0 spiro atoms. The van der Waals surface area contributed by atoms with Crippen LogP contribution in [0, 0.1) is 0 Å². The molecule has 4 nitrogen and oxygen atoms in total. The van der Waals surface area contributed by atoms with Crippen molar-refractivity contribution in [3.05, 3.63) is 24.3 Å². The lowest BCUT2D eigenvalue weighted by atomic mass is 10.0. The number of methoxy groups -OCH3 is 1. The molecule has 1 heterocycles. The van der Waals surface area contributed by atoms with Crippen LogP contribution in [0.3, 0.4) is 0 Å². The Hall–Kier alpha value is -1.26. The van der Waals surface area contributed by atoms with Gasteiger partial charge in [-0.1, -0.05) is 0 Å². The van der Waals surface area contributed by atoms with Gasteiger partial charge in [-0.15, -0.1) is 0 Å². The summed E-state index contributed by atoms with van der Waals surface area (Å²) in [7, 11) is 1.70. The lowest BCUT2D eigenvalue weighted by Crippen LogP contribution is -2.48. The van der Waals surface area contributed by atoms with Gasteiger partial charge in [-0.3, -0.25) is 4.90 Å². The van der Waals surface area contributed by atoms with E-state index in [1.807, 2.05) is 12.1 Å². The summed E-state index contributed by atoms with van der Waals surface area (Å²) in [5.74, 6) is 0.914. The van der Waals surface area contributed by atoms with E-state index in [1.54, 1.807) is 7.11 Å². The van der Waals surface area contributed by atoms with Crippen LogP contribution in [0.25, 0.3) is 0 Å². The summed E-state index contributed by atoms with van der Waals surface area (Å²) in [4.78, 5) is 4.94. The van der Waals surface area contributed by atoms with E-state index in [0.29, 0.717) is 0 Å². The molecule has 0 bridgehead atoms. The van der Waals surface area contributed by atoms with Gasteiger partial charge in [-0.25, -0.2) is 0 Å². The molecular weight excluding hydrogens is 250 g/mol. The van der Waals surface area contributed by atoms with E-state index in [4.69, 9.17) is 10.5 Å². The molecule has 1 fully saturated rings. The van der Waals surface area contributed by atoms with Crippen molar-refractivity contribution in [3.8, 4) is 5.75 Å². The van der Waals surface area contributed by atoms with Crippen molar-refractivity contribution in [1.82, 2.24) is 4.90 Å². The third-order valence-corrected chi connectivity index (χ3v) is 3.88. The maximum atomic E-state index is 6.05. The van der Waals surface area contributed by atoms with Crippen LogP contribution in [0.1, 0.15) is 20.3 Å². The topological polar surface area (TPSA) is 41.7 Å². The number of hydrogen-bond donors (Lipinski definition) is 1. The Bertz CT molecular complexity index is 403. The first-order valence-corrected chi connectivity index (χ1v) is 7.38. The van der Waals surface area contributed by atoms with Crippen LogP contribution >= 0.6 is 0 Å². The average molecular weight is 277 g/mol. The Morgan fingerprint density at radius 2 is 1.70 bits per heavy atom. The van der Waals surface area contributed by atoms with Gasteiger partial charge in [0, 0.05) is 44.0 Å². The second-order valence-electron chi connectivity index (χ2n) is 6.27. The number of piperazine rings is 1. The van der Waals surface area contributed by atoms with Crippen molar-refractivity contribution in [1.29, 1.82) is 0 Å². The van der Waals surface area contributed by atoms with Crippen molar-refractivity contribution < 1.29 is 4.74 Å². The third kappa shape index (κ3) is 4.39. The van der Waals surface area contributed by atoms with E-state index in [-0.39, 0.29) is 5.54 Å². The largest absolute Gasteiger partial charge is 0.497 e. The standard InChI is InChI=1S/C16H27N3O/c1-16(2,17)8-9-18-10-12-19(13-11-18)14-4-6-15(20-3)7-5-14/h4-7H,8-13,17H2,1-3H3. The first kappa shape index (κ1) is 15.1. The van der Waals surface area contributed by atoms with Gasteiger partial charge in [-0.05, 0) is 44.5 Å². The minimum absolute atomic E-state index is 0.0624. The zero-order chi connectivity index (χ0) is 14.6. The normalized spacial score (nSPS) is 17.3. The van der Waals surface area contributed by atoms with Crippen LogP contribution in [-0.4, -0.2) is 50.3 Å². The fourth-order valence-electron chi connectivity index (χ4n) is 2.47. The van der Waals surface area contributed by atoms with Gasteiger partial charge in [0.2, 0.25) is 0 Å². The summed E-state index contributed by atoms with van der Waals surface area (Å²) < 4.78 is 5.20. The molecule has 0 aromatic heterocycles.